The topological polar surface area (TPSA) is 135 Å². The summed E-state index contributed by atoms with van der Waals surface area (Å²) in [4.78, 5) is 50.5. The number of amides is 4. The van der Waals surface area contributed by atoms with E-state index in [2.05, 4.69) is 21.3 Å². The van der Waals surface area contributed by atoms with Crippen molar-refractivity contribution >= 4 is 24.0 Å². The lowest BCUT2D eigenvalue weighted by molar-refractivity contribution is -0.124. The van der Waals surface area contributed by atoms with Gasteiger partial charge < -0.3 is 30.7 Å². The molecule has 2 atom stereocenters. The largest absolute Gasteiger partial charge is 0.444 e. The molecule has 0 aromatic heterocycles. The number of hydrogen-bond acceptors (Lipinski definition) is 6. The number of carbonyl (C=O) groups is 4. The zero-order chi connectivity index (χ0) is 32.6. The van der Waals surface area contributed by atoms with E-state index < -0.39 is 35.5 Å². The molecule has 0 spiro atoms. The number of ether oxygens (including phenoxy) is 2. The lowest BCUT2D eigenvalue weighted by atomic mass is 10.1. The van der Waals surface area contributed by atoms with E-state index >= 15 is 0 Å². The highest BCUT2D eigenvalue weighted by Gasteiger charge is 2.26. The minimum absolute atomic E-state index is 0.284. The summed E-state index contributed by atoms with van der Waals surface area (Å²) in [6, 6.07) is 16.5. The van der Waals surface area contributed by atoms with Gasteiger partial charge in [-0.3, -0.25) is 9.59 Å². The highest BCUT2D eigenvalue weighted by molar-refractivity contribution is 5.87. The molecule has 2 aromatic carbocycles. The molecule has 0 unspecified atom stereocenters. The molecule has 10 heteroatoms. The van der Waals surface area contributed by atoms with Crippen LogP contribution in [0.4, 0.5) is 9.59 Å². The predicted octanol–water partition coefficient (Wildman–Crippen LogP) is 6.09. The monoisotopic (exact) mass is 610 g/mol. The number of carbonyl (C=O) groups excluding carboxylic acids is 4. The summed E-state index contributed by atoms with van der Waals surface area (Å²) < 4.78 is 10.7. The normalized spacial score (nSPS) is 12.8. The first-order valence-electron chi connectivity index (χ1n) is 15.4. The van der Waals surface area contributed by atoms with E-state index in [1.54, 1.807) is 65.8 Å². The minimum Gasteiger partial charge on any atom is -0.444 e. The Kier molecular flexibility index (Phi) is 14.7. The van der Waals surface area contributed by atoms with Gasteiger partial charge in [-0.1, -0.05) is 86.3 Å². The van der Waals surface area contributed by atoms with Gasteiger partial charge in [0.15, 0.2) is 0 Å². The summed E-state index contributed by atoms with van der Waals surface area (Å²) in [5.41, 5.74) is 0.0193. The predicted molar refractivity (Wildman–Crippen MR) is 171 cm³/mol. The molecule has 242 valence electrons. The SMILES string of the molecule is CC(C)(C)OC(=O)N[C@H](C(=O)NCCCCCCCCNC(=O)[C@@H](NC(=O)OC(C)(C)C)c1ccccc1)c1ccccc1. The molecule has 0 saturated heterocycles. The van der Waals surface area contributed by atoms with Crippen molar-refractivity contribution in [3.05, 3.63) is 71.8 Å². The fourth-order valence-electron chi connectivity index (χ4n) is 4.33. The molecule has 0 saturated carbocycles. The van der Waals surface area contributed by atoms with Crippen molar-refractivity contribution in [2.45, 2.75) is 103 Å². The molecule has 44 heavy (non-hydrogen) atoms. The van der Waals surface area contributed by atoms with Crippen LogP contribution in [0.2, 0.25) is 0 Å². The first kappa shape index (κ1) is 36.1. The van der Waals surface area contributed by atoms with Crippen molar-refractivity contribution in [1.82, 2.24) is 21.3 Å². The van der Waals surface area contributed by atoms with E-state index in [0.29, 0.717) is 24.2 Å². The molecule has 0 radical (unpaired) electrons. The van der Waals surface area contributed by atoms with Crippen LogP contribution in [0.3, 0.4) is 0 Å². The van der Waals surface area contributed by atoms with Crippen molar-refractivity contribution in [3.63, 3.8) is 0 Å². The Hall–Kier alpha value is -4.08. The Labute approximate surface area is 262 Å². The highest BCUT2D eigenvalue weighted by atomic mass is 16.6. The van der Waals surface area contributed by atoms with Gasteiger partial charge in [0.2, 0.25) is 11.8 Å². The zero-order valence-electron chi connectivity index (χ0n) is 27.0. The Morgan fingerprint density at radius 3 is 1.18 bits per heavy atom. The first-order valence-corrected chi connectivity index (χ1v) is 15.4. The summed E-state index contributed by atoms with van der Waals surface area (Å²) in [7, 11) is 0. The van der Waals surface area contributed by atoms with Crippen LogP contribution >= 0.6 is 0 Å². The van der Waals surface area contributed by atoms with Gasteiger partial charge in [-0.2, -0.15) is 0 Å². The molecule has 0 bridgehead atoms. The van der Waals surface area contributed by atoms with Crippen LogP contribution in [-0.2, 0) is 19.1 Å². The molecule has 0 aliphatic heterocycles. The molecule has 4 amide bonds. The van der Waals surface area contributed by atoms with Crippen LogP contribution in [-0.4, -0.2) is 48.3 Å². The molecular formula is C34H50N4O6. The molecule has 4 N–H and O–H groups in total. The number of nitrogens with one attached hydrogen (secondary N) is 4. The van der Waals surface area contributed by atoms with Gasteiger partial charge in [0.05, 0.1) is 0 Å². The number of hydrogen-bond donors (Lipinski definition) is 4. The van der Waals surface area contributed by atoms with Crippen LogP contribution in [0.1, 0.15) is 103 Å². The van der Waals surface area contributed by atoms with Gasteiger partial charge in [0.25, 0.3) is 0 Å². The van der Waals surface area contributed by atoms with Gasteiger partial charge in [-0.25, -0.2) is 9.59 Å². The third kappa shape index (κ3) is 14.9. The van der Waals surface area contributed by atoms with Crippen molar-refractivity contribution in [1.29, 1.82) is 0 Å². The van der Waals surface area contributed by atoms with Crippen LogP contribution < -0.4 is 21.3 Å². The van der Waals surface area contributed by atoms with Crippen LogP contribution in [0.25, 0.3) is 0 Å². The second-order valence-corrected chi connectivity index (χ2v) is 12.7. The Bertz CT molecular complexity index is 1080. The number of unbranched alkanes of at least 4 members (excludes halogenated alkanes) is 5. The maximum atomic E-state index is 12.9. The van der Waals surface area contributed by atoms with Gasteiger partial charge >= 0.3 is 12.2 Å². The maximum Gasteiger partial charge on any atom is 0.408 e. The summed E-state index contributed by atoms with van der Waals surface area (Å²) in [5.74, 6) is -0.569. The molecule has 0 aliphatic carbocycles. The van der Waals surface area contributed by atoms with E-state index in [1.807, 2.05) is 36.4 Å². The third-order valence-corrected chi connectivity index (χ3v) is 6.31. The third-order valence-electron chi connectivity index (χ3n) is 6.31. The summed E-state index contributed by atoms with van der Waals surface area (Å²) >= 11 is 0. The molecule has 0 fully saturated rings. The fraction of sp³-hybridized carbons (Fsp3) is 0.529. The second kappa shape index (κ2) is 17.9. The average Bonchev–Trinajstić information content (AvgIpc) is 2.94. The quantitative estimate of drug-likeness (QED) is 0.180. The Morgan fingerprint density at radius 2 is 0.864 bits per heavy atom. The number of benzene rings is 2. The average molecular weight is 611 g/mol. The summed E-state index contributed by atoms with van der Waals surface area (Å²) in [6.07, 6.45) is 4.21. The minimum atomic E-state index is -0.845. The van der Waals surface area contributed by atoms with Crippen molar-refractivity contribution in [2.75, 3.05) is 13.1 Å². The van der Waals surface area contributed by atoms with E-state index in [4.69, 9.17) is 9.47 Å². The molecule has 2 rings (SSSR count). The molecule has 0 heterocycles. The van der Waals surface area contributed by atoms with Crippen molar-refractivity contribution in [2.24, 2.45) is 0 Å². The van der Waals surface area contributed by atoms with Crippen LogP contribution in [0, 0.1) is 0 Å². The van der Waals surface area contributed by atoms with E-state index in [-0.39, 0.29) is 11.8 Å². The van der Waals surface area contributed by atoms with Gasteiger partial charge in [-0.15, -0.1) is 0 Å². The lowest BCUT2D eigenvalue weighted by Crippen LogP contribution is -2.42. The van der Waals surface area contributed by atoms with Gasteiger partial charge in [0.1, 0.15) is 23.3 Å². The Morgan fingerprint density at radius 1 is 0.545 bits per heavy atom. The summed E-state index contributed by atoms with van der Waals surface area (Å²) in [5, 5.41) is 11.2. The van der Waals surface area contributed by atoms with E-state index in [0.717, 1.165) is 38.5 Å². The molecule has 10 nitrogen and oxygen atoms in total. The maximum absolute atomic E-state index is 12.9. The van der Waals surface area contributed by atoms with Crippen molar-refractivity contribution < 1.29 is 28.7 Å². The van der Waals surface area contributed by atoms with Gasteiger partial charge in [0, 0.05) is 13.1 Å². The second-order valence-electron chi connectivity index (χ2n) is 12.7. The number of rotatable bonds is 15. The summed E-state index contributed by atoms with van der Waals surface area (Å²) in [6.45, 7) is 11.6. The smallest absolute Gasteiger partial charge is 0.408 e. The molecule has 0 aliphatic rings. The lowest BCUT2D eigenvalue weighted by Gasteiger charge is -2.23. The fourth-order valence-corrected chi connectivity index (χ4v) is 4.33. The highest BCUT2D eigenvalue weighted by Crippen LogP contribution is 2.17. The van der Waals surface area contributed by atoms with Crippen LogP contribution in [0.5, 0.6) is 0 Å². The van der Waals surface area contributed by atoms with Crippen LogP contribution in [0.15, 0.2) is 60.7 Å². The van der Waals surface area contributed by atoms with Crippen molar-refractivity contribution in [3.8, 4) is 0 Å². The first-order chi connectivity index (χ1) is 20.7. The Balaban J connectivity index is 1.68. The molecular weight excluding hydrogens is 560 g/mol. The zero-order valence-corrected chi connectivity index (χ0v) is 27.0. The molecule has 2 aromatic rings. The van der Waals surface area contributed by atoms with E-state index in [1.165, 1.54) is 0 Å². The number of alkyl carbamates (subject to hydrolysis) is 2. The standard InChI is InChI=1S/C34H50N4O6/c1-33(2,3)43-31(41)37-27(25-19-13-11-14-20-25)29(39)35-23-17-9-7-8-10-18-24-36-30(40)28(26-21-15-12-16-22-26)38-32(42)44-34(4,5)6/h11-16,19-22,27-28H,7-10,17-18,23-24H2,1-6H3,(H,35,39)(H,36,40)(H,37,41)(H,38,42)/t27-,28-/m0/s1. The van der Waals surface area contributed by atoms with E-state index in [9.17, 15) is 19.2 Å². The van der Waals surface area contributed by atoms with Gasteiger partial charge in [-0.05, 0) is 65.5 Å².